The summed E-state index contributed by atoms with van der Waals surface area (Å²) in [4.78, 5) is 12.1. The maximum absolute atomic E-state index is 12.9. The van der Waals surface area contributed by atoms with Gasteiger partial charge in [0, 0.05) is 5.56 Å². The van der Waals surface area contributed by atoms with Crippen LogP contribution in [0.15, 0.2) is 48.5 Å². The lowest BCUT2D eigenvalue weighted by molar-refractivity contribution is 0.0940. The number of hydrogen-bond donors (Lipinski definition) is 1. The molecule has 2 aromatic rings. The SMILES string of the molecule is CCc1ccc(C(=O)NC(C)c2ccc(F)cc2)cc1. The van der Waals surface area contributed by atoms with Gasteiger partial charge in [-0.15, -0.1) is 0 Å². The first kappa shape index (κ1) is 14.3. The molecule has 2 aromatic carbocycles. The number of aryl methyl sites for hydroxylation is 1. The normalized spacial score (nSPS) is 11.9. The van der Waals surface area contributed by atoms with Gasteiger partial charge in [-0.2, -0.15) is 0 Å². The average molecular weight is 271 g/mol. The number of amides is 1. The third-order valence-electron chi connectivity index (χ3n) is 3.34. The predicted octanol–water partition coefficient (Wildman–Crippen LogP) is 3.88. The molecule has 0 aliphatic rings. The van der Waals surface area contributed by atoms with E-state index < -0.39 is 0 Å². The van der Waals surface area contributed by atoms with Crippen LogP contribution in [-0.2, 0) is 6.42 Å². The second-order valence-corrected chi connectivity index (χ2v) is 4.80. The molecule has 0 heterocycles. The van der Waals surface area contributed by atoms with Gasteiger partial charge in [0.05, 0.1) is 6.04 Å². The van der Waals surface area contributed by atoms with Crippen LogP contribution in [0, 0.1) is 5.82 Å². The number of carbonyl (C=O) groups is 1. The number of benzene rings is 2. The van der Waals surface area contributed by atoms with Gasteiger partial charge in [0.2, 0.25) is 0 Å². The highest BCUT2D eigenvalue weighted by Crippen LogP contribution is 2.14. The van der Waals surface area contributed by atoms with E-state index in [1.807, 2.05) is 31.2 Å². The van der Waals surface area contributed by atoms with E-state index in [1.54, 1.807) is 12.1 Å². The number of hydrogen-bond acceptors (Lipinski definition) is 1. The van der Waals surface area contributed by atoms with Gasteiger partial charge in [0.1, 0.15) is 5.82 Å². The molecule has 20 heavy (non-hydrogen) atoms. The Bertz CT molecular complexity index is 575. The second kappa shape index (κ2) is 6.33. The quantitative estimate of drug-likeness (QED) is 0.898. The molecular formula is C17H18FNO. The van der Waals surface area contributed by atoms with E-state index in [-0.39, 0.29) is 17.8 Å². The summed E-state index contributed by atoms with van der Waals surface area (Å²) in [6.45, 7) is 3.96. The molecule has 0 bridgehead atoms. The Hall–Kier alpha value is -2.16. The Balaban J connectivity index is 2.04. The van der Waals surface area contributed by atoms with Gasteiger partial charge in [-0.3, -0.25) is 4.79 Å². The molecule has 1 N–H and O–H groups in total. The summed E-state index contributed by atoms with van der Waals surface area (Å²) in [6, 6.07) is 13.6. The molecule has 2 nitrogen and oxygen atoms in total. The van der Waals surface area contributed by atoms with Gasteiger partial charge < -0.3 is 5.32 Å². The molecule has 2 rings (SSSR count). The smallest absolute Gasteiger partial charge is 0.251 e. The lowest BCUT2D eigenvalue weighted by Crippen LogP contribution is -2.26. The molecule has 0 saturated carbocycles. The van der Waals surface area contributed by atoms with Crippen molar-refractivity contribution in [3.63, 3.8) is 0 Å². The summed E-state index contributed by atoms with van der Waals surface area (Å²) in [5.41, 5.74) is 2.72. The predicted molar refractivity (Wildman–Crippen MR) is 78.1 cm³/mol. The van der Waals surface area contributed by atoms with Crippen molar-refractivity contribution in [3.8, 4) is 0 Å². The Labute approximate surface area is 118 Å². The molecule has 0 spiro atoms. The summed E-state index contributed by atoms with van der Waals surface area (Å²) < 4.78 is 12.9. The van der Waals surface area contributed by atoms with Gasteiger partial charge in [0.25, 0.3) is 5.91 Å². The van der Waals surface area contributed by atoms with Crippen molar-refractivity contribution >= 4 is 5.91 Å². The second-order valence-electron chi connectivity index (χ2n) is 4.80. The van der Waals surface area contributed by atoms with E-state index in [2.05, 4.69) is 12.2 Å². The zero-order valence-corrected chi connectivity index (χ0v) is 11.7. The zero-order chi connectivity index (χ0) is 14.5. The molecule has 0 aliphatic carbocycles. The minimum Gasteiger partial charge on any atom is -0.346 e. The molecular weight excluding hydrogens is 253 g/mol. The maximum atomic E-state index is 12.9. The van der Waals surface area contributed by atoms with Crippen LogP contribution in [0.25, 0.3) is 0 Å². The van der Waals surface area contributed by atoms with E-state index in [1.165, 1.54) is 17.7 Å². The monoisotopic (exact) mass is 271 g/mol. The average Bonchev–Trinajstić information content (AvgIpc) is 2.48. The highest BCUT2D eigenvalue weighted by Gasteiger charge is 2.11. The van der Waals surface area contributed by atoms with Crippen LogP contribution >= 0.6 is 0 Å². The third-order valence-corrected chi connectivity index (χ3v) is 3.34. The summed E-state index contributed by atoms with van der Waals surface area (Å²) >= 11 is 0. The van der Waals surface area contributed by atoms with Crippen LogP contribution in [0.1, 0.15) is 41.4 Å². The van der Waals surface area contributed by atoms with E-state index >= 15 is 0 Å². The topological polar surface area (TPSA) is 29.1 Å². The van der Waals surface area contributed by atoms with Crippen LogP contribution in [0.3, 0.4) is 0 Å². The fourth-order valence-electron chi connectivity index (χ4n) is 2.01. The fraction of sp³-hybridized carbons (Fsp3) is 0.235. The third kappa shape index (κ3) is 3.44. The van der Waals surface area contributed by atoms with Crippen molar-refractivity contribution in [1.29, 1.82) is 0 Å². The van der Waals surface area contributed by atoms with Gasteiger partial charge in [0.15, 0.2) is 0 Å². The van der Waals surface area contributed by atoms with E-state index in [9.17, 15) is 9.18 Å². The van der Waals surface area contributed by atoms with Crippen LogP contribution in [0.4, 0.5) is 4.39 Å². The van der Waals surface area contributed by atoms with Crippen LogP contribution < -0.4 is 5.32 Å². The van der Waals surface area contributed by atoms with Crippen LogP contribution in [0.5, 0.6) is 0 Å². The number of nitrogens with one attached hydrogen (secondary N) is 1. The molecule has 0 fully saturated rings. The molecule has 3 heteroatoms. The van der Waals surface area contributed by atoms with Crippen LogP contribution in [0.2, 0.25) is 0 Å². The number of carbonyl (C=O) groups excluding carboxylic acids is 1. The molecule has 1 atom stereocenters. The summed E-state index contributed by atoms with van der Waals surface area (Å²) in [6.07, 6.45) is 0.952. The van der Waals surface area contributed by atoms with Crippen molar-refractivity contribution < 1.29 is 9.18 Å². The van der Waals surface area contributed by atoms with Crippen molar-refractivity contribution in [1.82, 2.24) is 5.32 Å². The van der Waals surface area contributed by atoms with Crippen molar-refractivity contribution in [2.45, 2.75) is 26.3 Å². The Morgan fingerprint density at radius 3 is 2.25 bits per heavy atom. The first-order chi connectivity index (χ1) is 9.60. The minimum absolute atomic E-state index is 0.121. The molecule has 104 valence electrons. The van der Waals surface area contributed by atoms with E-state index in [4.69, 9.17) is 0 Å². The van der Waals surface area contributed by atoms with Gasteiger partial charge in [-0.1, -0.05) is 31.2 Å². The van der Waals surface area contributed by atoms with E-state index in [0.29, 0.717) is 5.56 Å². The summed E-state index contributed by atoms with van der Waals surface area (Å²) in [7, 11) is 0. The molecule has 0 aliphatic heterocycles. The Morgan fingerprint density at radius 1 is 1.10 bits per heavy atom. The lowest BCUT2D eigenvalue weighted by atomic mass is 10.1. The van der Waals surface area contributed by atoms with E-state index in [0.717, 1.165) is 12.0 Å². The Morgan fingerprint density at radius 2 is 1.70 bits per heavy atom. The molecule has 0 aromatic heterocycles. The first-order valence-electron chi connectivity index (χ1n) is 6.75. The lowest BCUT2D eigenvalue weighted by Gasteiger charge is -2.14. The largest absolute Gasteiger partial charge is 0.346 e. The number of halogens is 1. The number of rotatable bonds is 4. The van der Waals surface area contributed by atoms with Gasteiger partial charge >= 0.3 is 0 Å². The Kier molecular flexibility index (Phi) is 4.51. The van der Waals surface area contributed by atoms with Crippen molar-refractivity contribution in [2.75, 3.05) is 0 Å². The molecule has 1 amide bonds. The molecule has 0 radical (unpaired) electrons. The molecule has 0 saturated heterocycles. The van der Waals surface area contributed by atoms with Crippen molar-refractivity contribution in [2.24, 2.45) is 0 Å². The standard InChI is InChI=1S/C17H18FNO/c1-3-13-4-6-15(7-5-13)17(20)19-12(2)14-8-10-16(18)11-9-14/h4-12H,3H2,1-2H3,(H,19,20). The molecule has 1 unspecified atom stereocenters. The summed E-state index contributed by atoms with van der Waals surface area (Å²) in [5.74, 6) is -0.396. The highest BCUT2D eigenvalue weighted by atomic mass is 19.1. The zero-order valence-electron chi connectivity index (χ0n) is 11.7. The highest BCUT2D eigenvalue weighted by molar-refractivity contribution is 5.94. The van der Waals surface area contributed by atoms with Crippen LogP contribution in [-0.4, -0.2) is 5.91 Å². The van der Waals surface area contributed by atoms with Crippen molar-refractivity contribution in [3.05, 3.63) is 71.0 Å². The maximum Gasteiger partial charge on any atom is 0.251 e. The minimum atomic E-state index is -0.276. The fourth-order valence-corrected chi connectivity index (χ4v) is 2.01. The van der Waals surface area contributed by atoms with Gasteiger partial charge in [-0.05, 0) is 48.7 Å². The summed E-state index contributed by atoms with van der Waals surface area (Å²) in [5, 5.41) is 2.91. The van der Waals surface area contributed by atoms with Gasteiger partial charge in [-0.25, -0.2) is 4.39 Å². The first-order valence-corrected chi connectivity index (χ1v) is 6.75.